The standard InChI is InChI=1S/C14H12N2O4/c17-13-6-5-9-3-1-2-4-12(9)16(13)8-10-7-11(14(18)19)15-20-10/h1-4,7H,5-6,8H2,(H,18,19). The smallest absolute Gasteiger partial charge is 0.358 e. The summed E-state index contributed by atoms with van der Waals surface area (Å²) in [6.45, 7) is 0.191. The van der Waals surface area contributed by atoms with Crippen LogP contribution in [0.1, 0.15) is 28.2 Å². The minimum absolute atomic E-state index is 0.00280. The highest BCUT2D eigenvalue weighted by molar-refractivity contribution is 5.96. The van der Waals surface area contributed by atoms with Gasteiger partial charge in [0.25, 0.3) is 0 Å². The van der Waals surface area contributed by atoms with E-state index in [9.17, 15) is 9.59 Å². The van der Waals surface area contributed by atoms with Crippen LogP contribution in [-0.2, 0) is 17.8 Å². The zero-order valence-electron chi connectivity index (χ0n) is 10.6. The molecule has 0 unspecified atom stereocenters. The van der Waals surface area contributed by atoms with E-state index in [2.05, 4.69) is 5.16 Å². The molecule has 0 spiro atoms. The highest BCUT2D eigenvalue weighted by Gasteiger charge is 2.25. The maximum Gasteiger partial charge on any atom is 0.358 e. The van der Waals surface area contributed by atoms with Crippen molar-refractivity contribution in [1.29, 1.82) is 0 Å². The van der Waals surface area contributed by atoms with Crippen LogP contribution in [0.5, 0.6) is 0 Å². The van der Waals surface area contributed by atoms with Crippen molar-refractivity contribution in [3.63, 3.8) is 0 Å². The Morgan fingerprint density at radius 1 is 1.35 bits per heavy atom. The second-order valence-electron chi connectivity index (χ2n) is 4.59. The summed E-state index contributed by atoms with van der Waals surface area (Å²) in [5.74, 6) is -0.796. The number of para-hydroxylation sites is 1. The molecule has 0 bridgehead atoms. The molecule has 102 valence electrons. The number of nitrogens with zero attached hydrogens (tertiary/aromatic N) is 2. The van der Waals surface area contributed by atoms with Gasteiger partial charge in [-0.05, 0) is 18.1 Å². The Morgan fingerprint density at radius 2 is 2.15 bits per heavy atom. The van der Waals surface area contributed by atoms with Gasteiger partial charge in [-0.2, -0.15) is 0 Å². The molecule has 1 aromatic carbocycles. The zero-order chi connectivity index (χ0) is 14.1. The molecular formula is C14H12N2O4. The summed E-state index contributed by atoms with van der Waals surface area (Å²) >= 11 is 0. The van der Waals surface area contributed by atoms with Crippen LogP contribution >= 0.6 is 0 Å². The van der Waals surface area contributed by atoms with Crippen molar-refractivity contribution in [1.82, 2.24) is 5.16 Å². The van der Waals surface area contributed by atoms with Crippen molar-refractivity contribution in [2.24, 2.45) is 0 Å². The lowest BCUT2D eigenvalue weighted by Gasteiger charge is -2.28. The number of aromatic carboxylic acids is 1. The fourth-order valence-electron chi connectivity index (χ4n) is 2.31. The summed E-state index contributed by atoms with van der Waals surface area (Å²) in [5, 5.41) is 12.3. The lowest BCUT2D eigenvalue weighted by Crippen LogP contribution is -2.34. The molecule has 2 aromatic rings. The number of carboxylic acids is 1. The van der Waals surface area contributed by atoms with E-state index in [-0.39, 0.29) is 18.1 Å². The number of hydrogen-bond acceptors (Lipinski definition) is 4. The van der Waals surface area contributed by atoms with E-state index >= 15 is 0 Å². The number of hydrogen-bond donors (Lipinski definition) is 1. The third-order valence-corrected chi connectivity index (χ3v) is 3.28. The minimum atomic E-state index is -1.15. The molecule has 0 atom stereocenters. The molecule has 1 aliphatic heterocycles. The highest BCUT2D eigenvalue weighted by atomic mass is 16.5. The van der Waals surface area contributed by atoms with Crippen LogP contribution in [0.4, 0.5) is 5.69 Å². The number of carboxylic acid groups (broad SMARTS) is 1. The fraction of sp³-hybridized carbons (Fsp3) is 0.214. The van der Waals surface area contributed by atoms with Crippen LogP contribution in [0.2, 0.25) is 0 Å². The quantitative estimate of drug-likeness (QED) is 0.921. The number of fused-ring (bicyclic) bond motifs is 1. The predicted octanol–water partition coefficient (Wildman–Crippen LogP) is 1.85. The van der Waals surface area contributed by atoms with Crippen LogP contribution in [0, 0.1) is 0 Å². The SMILES string of the molecule is O=C(O)c1cc(CN2C(=O)CCc3ccccc32)on1. The number of aromatic nitrogens is 1. The Balaban J connectivity index is 1.89. The van der Waals surface area contributed by atoms with E-state index in [1.54, 1.807) is 4.90 Å². The van der Waals surface area contributed by atoms with Gasteiger partial charge in [0.1, 0.15) is 0 Å². The van der Waals surface area contributed by atoms with Crippen LogP contribution in [-0.4, -0.2) is 22.1 Å². The largest absolute Gasteiger partial charge is 0.476 e. The highest BCUT2D eigenvalue weighted by Crippen LogP contribution is 2.28. The van der Waals surface area contributed by atoms with Crippen molar-refractivity contribution in [2.75, 3.05) is 4.90 Å². The molecule has 6 nitrogen and oxygen atoms in total. The number of carbonyl (C=O) groups is 2. The number of amides is 1. The maximum absolute atomic E-state index is 12.0. The van der Waals surface area contributed by atoms with Gasteiger partial charge in [0.05, 0.1) is 6.54 Å². The van der Waals surface area contributed by atoms with Gasteiger partial charge in [0.2, 0.25) is 5.91 Å². The van der Waals surface area contributed by atoms with Crippen molar-refractivity contribution in [3.8, 4) is 0 Å². The van der Waals surface area contributed by atoms with E-state index in [4.69, 9.17) is 9.63 Å². The number of anilines is 1. The Bertz CT molecular complexity index is 677. The molecular weight excluding hydrogens is 260 g/mol. The second-order valence-corrected chi connectivity index (χ2v) is 4.59. The molecule has 3 rings (SSSR count). The first-order chi connectivity index (χ1) is 9.65. The molecule has 1 aliphatic rings. The van der Waals surface area contributed by atoms with Crippen LogP contribution in [0.3, 0.4) is 0 Å². The maximum atomic E-state index is 12.0. The summed E-state index contributed by atoms with van der Waals surface area (Å²) in [4.78, 5) is 24.4. The average molecular weight is 272 g/mol. The van der Waals surface area contributed by atoms with Gasteiger partial charge in [0, 0.05) is 18.2 Å². The van der Waals surface area contributed by atoms with E-state index in [1.165, 1.54) is 6.07 Å². The number of aryl methyl sites for hydroxylation is 1. The average Bonchev–Trinajstić information content (AvgIpc) is 2.91. The van der Waals surface area contributed by atoms with E-state index in [0.717, 1.165) is 17.7 Å². The molecule has 0 saturated carbocycles. The summed E-state index contributed by atoms with van der Waals surface area (Å²) < 4.78 is 4.97. The van der Waals surface area contributed by atoms with Gasteiger partial charge in [-0.1, -0.05) is 23.4 Å². The first kappa shape index (κ1) is 12.4. The summed E-state index contributed by atoms with van der Waals surface area (Å²) in [6.07, 6.45) is 1.17. The van der Waals surface area contributed by atoms with Gasteiger partial charge >= 0.3 is 5.97 Å². The first-order valence-corrected chi connectivity index (χ1v) is 6.22. The van der Waals surface area contributed by atoms with Gasteiger partial charge in [0.15, 0.2) is 11.5 Å². The van der Waals surface area contributed by atoms with Crippen molar-refractivity contribution >= 4 is 17.6 Å². The number of benzene rings is 1. The van der Waals surface area contributed by atoms with Gasteiger partial charge in [-0.3, -0.25) is 4.79 Å². The van der Waals surface area contributed by atoms with E-state index in [1.807, 2.05) is 24.3 Å². The van der Waals surface area contributed by atoms with Crippen molar-refractivity contribution < 1.29 is 19.2 Å². The Kier molecular flexibility index (Phi) is 2.98. The molecule has 0 aliphatic carbocycles. The van der Waals surface area contributed by atoms with Gasteiger partial charge in [-0.15, -0.1) is 0 Å². The summed E-state index contributed by atoms with van der Waals surface area (Å²) in [7, 11) is 0. The molecule has 0 saturated heterocycles. The van der Waals surface area contributed by atoms with Gasteiger partial charge in [-0.25, -0.2) is 4.79 Å². The molecule has 0 fully saturated rings. The predicted molar refractivity (Wildman–Crippen MR) is 69.4 cm³/mol. The van der Waals surface area contributed by atoms with Crippen molar-refractivity contribution in [3.05, 3.63) is 47.3 Å². The number of rotatable bonds is 3. The number of carbonyl (C=O) groups excluding carboxylic acids is 1. The normalized spacial score (nSPS) is 14.2. The summed E-state index contributed by atoms with van der Waals surface area (Å²) in [5.41, 5.74) is 1.79. The van der Waals surface area contributed by atoms with Crippen molar-refractivity contribution in [2.45, 2.75) is 19.4 Å². The minimum Gasteiger partial charge on any atom is -0.476 e. The van der Waals surface area contributed by atoms with Crippen LogP contribution < -0.4 is 4.90 Å². The lowest BCUT2D eigenvalue weighted by molar-refractivity contribution is -0.119. The van der Waals surface area contributed by atoms with E-state index < -0.39 is 5.97 Å². The molecule has 1 amide bonds. The second kappa shape index (κ2) is 4.80. The molecule has 1 N–H and O–H groups in total. The lowest BCUT2D eigenvalue weighted by atomic mass is 10.0. The molecule has 0 radical (unpaired) electrons. The van der Waals surface area contributed by atoms with Crippen LogP contribution in [0.15, 0.2) is 34.9 Å². The molecule has 2 heterocycles. The third-order valence-electron chi connectivity index (χ3n) is 3.28. The Labute approximate surface area is 114 Å². The first-order valence-electron chi connectivity index (χ1n) is 6.22. The Hall–Kier alpha value is -2.63. The van der Waals surface area contributed by atoms with Gasteiger partial charge < -0.3 is 14.5 Å². The third kappa shape index (κ3) is 2.16. The Morgan fingerprint density at radius 3 is 2.90 bits per heavy atom. The summed E-state index contributed by atoms with van der Waals surface area (Å²) in [6, 6.07) is 9.00. The van der Waals surface area contributed by atoms with E-state index in [0.29, 0.717) is 12.2 Å². The zero-order valence-corrected chi connectivity index (χ0v) is 10.6. The molecule has 6 heteroatoms. The molecule has 1 aromatic heterocycles. The van der Waals surface area contributed by atoms with Crippen LogP contribution in [0.25, 0.3) is 0 Å². The molecule has 20 heavy (non-hydrogen) atoms. The topological polar surface area (TPSA) is 83.6 Å². The monoisotopic (exact) mass is 272 g/mol. The fourth-order valence-corrected chi connectivity index (χ4v) is 2.31.